The second kappa shape index (κ2) is 17.2. The van der Waals surface area contributed by atoms with Crippen molar-refractivity contribution in [1.29, 1.82) is 0 Å². The van der Waals surface area contributed by atoms with Gasteiger partial charge >= 0.3 is 0 Å². The fraction of sp³-hybridized carbons (Fsp3) is 0.135. The average molecular weight is 763 g/mol. The first-order chi connectivity index (χ1) is 26.2. The van der Waals surface area contributed by atoms with Crippen LogP contribution in [0, 0.1) is 0 Å². The van der Waals surface area contributed by atoms with Crippen molar-refractivity contribution in [2.24, 2.45) is 5.73 Å². The quantitative estimate of drug-likeness (QED) is 0.104. The maximum atomic E-state index is 13.6. The van der Waals surface area contributed by atoms with E-state index in [1.54, 1.807) is 48.7 Å². The van der Waals surface area contributed by atoms with E-state index in [1.165, 1.54) is 17.8 Å². The third-order valence-electron chi connectivity index (χ3n) is 7.94. The molecule has 0 radical (unpaired) electrons. The van der Waals surface area contributed by atoms with Crippen LogP contribution in [0.5, 0.6) is 0 Å². The Balaban J connectivity index is 1.15. The lowest BCUT2D eigenvalue weighted by Crippen LogP contribution is -2.47. The van der Waals surface area contributed by atoms with Crippen LogP contribution in [-0.4, -0.2) is 67.2 Å². The second-order valence-electron chi connectivity index (χ2n) is 11.6. The van der Waals surface area contributed by atoms with Crippen LogP contribution in [0.2, 0.25) is 0 Å². The summed E-state index contributed by atoms with van der Waals surface area (Å²) in [5.41, 5.74) is 9.00. The third kappa shape index (κ3) is 9.01. The van der Waals surface area contributed by atoms with Crippen LogP contribution in [0.3, 0.4) is 0 Å². The number of nitrogens with two attached hydrogens (primary N) is 1. The summed E-state index contributed by atoms with van der Waals surface area (Å²) in [5.74, 6) is -5.86. The van der Waals surface area contributed by atoms with Gasteiger partial charge in [0.05, 0.1) is 27.9 Å². The molecule has 2 atom stereocenters. The summed E-state index contributed by atoms with van der Waals surface area (Å²) < 4.78 is 5.28. The lowest BCUT2D eigenvalue weighted by atomic mass is 10.0. The predicted octanol–water partition coefficient (Wildman–Crippen LogP) is 3.65. The fourth-order valence-electron chi connectivity index (χ4n) is 5.33. The van der Waals surface area contributed by atoms with Crippen LogP contribution in [-0.2, 0) is 32.0 Å². The summed E-state index contributed by atoms with van der Waals surface area (Å²) in [7, 11) is 0. The number of carbonyl (C=O) groups is 6. The molecule has 54 heavy (non-hydrogen) atoms. The van der Waals surface area contributed by atoms with E-state index < -0.39 is 47.3 Å². The Morgan fingerprint density at radius 1 is 0.722 bits per heavy atom. The van der Waals surface area contributed by atoms with E-state index in [9.17, 15) is 28.8 Å². The number of Topliss-reactive ketones (excluding diaryl/α,β-unsaturated/α-hetero) is 2. The normalized spacial score (nSPS) is 11.9. The second-order valence-corrected chi connectivity index (χ2v) is 13.6. The van der Waals surface area contributed by atoms with Crippen LogP contribution < -0.4 is 21.7 Å². The molecule has 6 aromatic rings. The number of carbonyl (C=O) groups excluding carboxylic acids is 6. The molecule has 6 rings (SSSR count). The van der Waals surface area contributed by atoms with Crippen molar-refractivity contribution in [1.82, 2.24) is 30.6 Å². The van der Waals surface area contributed by atoms with Gasteiger partial charge in [-0.15, -0.1) is 22.7 Å². The molecule has 0 saturated carbocycles. The van der Waals surface area contributed by atoms with Crippen molar-refractivity contribution >= 4 is 62.9 Å². The number of primary amides is 1. The van der Waals surface area contributed by atoms with Gasteiger partial charge in [-0.2, -0.15) is 0 Å². The molecule has 5 aromatic heterocycles. The highest BCUT2D eigenvalue weighted by molar-refractivity contribution is 7.16. The Bertz CT molecular complexity index is 2290. The number of rotatable bonds is 16. The lowest BCUT2D eigenvalue weighted by Gasteiger charge is -2.17. The third-order valence-corrected chi connectivity index (χ3v) is 9.79. The SMILES string of the molecule is NC(=O)C(=O)C(Cc1ccc(NC(=O)C(=O)C(CCc2ccccc2)NC(=O)c2scnc2-c2ccccn2)s1)NC(=O)c1ocnc1-c1ccccn1. The first-order valence-corrected chi connectivity index (χ1v) is 18.0. The number of benzene rings is 1. The summed E-state index contributed by atoms with van der Waals surface area (Å²) in [6, 6.07) is 20.0. The number of ketones is 2. The fourth-order valence-corrected chi connectivity index (χ4v) is 6.97. The van der Waals surface area contributed by atoms with Crippen LogP contribution in [0.25, 0.3) is 22.8 Å². The van der Waals surface area contributed by atoms with Gasteiger partial charge in [-0.25, -0.2) is 9.97 Å². The van der Waals surface area contributed by atoms with Crippen LogP contribution in [0.4, 0.5) is 5.00 Å². The van der Waals surface area contributed by atoms with E-state index in [2.05, 4.69) is 35.9 Å². The molecule has 0 fully saturated rings. The van der Waals surface area contributed by atoms with Gasteiger partial charge in [-0.1, -0.05) is 42.5 Å². The number of oxazole rings is 1. The molecular weight excluding hydrogens is 733 g/mol. The standard InChI is InChI=1S/C37H30N8O7S2/c38-34(48)30(46)26(44-36(50)32-28(41-19-52-32)23-10-4-6-16-39-23)18-22-13-15-27(54-22)45-35(49)31(47)25(14-12-21-8-2-1-3-9-21)43-37(51)33-29(42-20-53-33)24-11-5-7-17-40-24/h1-11,13,15-17,19-20,25-26H,12,14,18H2,(H2,38,48)(H,43,51)(H,44,50)(H,45,49). The van der Waals surface area contributed by atoms with Gasteiger partial charge in [-0.3, -0.25) is 38.7 Å². The first-order valence-electron chi connectivity index (χ1n) is 16.3. The van der Waals surface area contributed by atoms with Crippen molar-refractivity contribution in [3.8, 4) is 22.8 Å². The van der Waals surface area contributed by atoms with Gasteiger partial charge in [0.2, 0.25) is 17.3 Å². The van der Waals surface area contributed by atoms with E-state index in [0.717, 1.165) is 34.6 Å². The number of nitrogens with zero attached hydrogens (tertiary/aromatic N) is 4. The van der Waals surface area contributed by atoms with E-state index in [0.29, 0.717) is 28.4 Å². The van der Waals surface area contributed by atoms with Crippen molar-refractivity contribution in [3.63, 3.8) is 0 Å². The number of hydrogen-bond donors (Lipinski definition) is 4. The predicted molar refractivity (Wildman–Crippen MR) is 198 cm³/mol. The van der Waals surface area contributed by atoms with E-state index in [1.807, 2.05) is 30.3 Å². The molecule has 1 aromatic carbocycles. The summed E-state index contributed by atoms with van der Waals surface area (Å²) >= 11 is 2.09. The lowest BCUT2D eigenvalue weighted by molar-refractivity contribution is -0.137. The molecule has 0 saturated heterocycles. The van der Waals surface area contributed by atoms with E-state index in [4.69, 9.17) is 10.2 Å². The number of amides is 4. The minimum Gasteiger partial charge on any atom is -0.438 e. The summed E-state index contributed by atoms with van der Waals surface area (Å²) in [6.07, 6.45) is 4.47. The van der Waals surface area contributed by atoms with Crippen molar-refractivity contribution in [2.75, 3.05) is 5.32 Å². The van der Waals surface area contributed by atoms with Crippen LogP contribution >= 0.6 is 22.7 Å². The Kier molecular flexibility index (Phi) is 11.8. The van der Waals surface area contributed by atoms with Crippen LogP contribution in [0.1, 0.15) is 37.1 Å². The zero-order valence-corrected chi connectivity index (χ0v) is 29.8. The van der Waals surface area contributed by atoms with E-state index in [-0.39, 0.29) is 34.2 Å². The molecule has 272 valence electrons. The maximum absolute atomic E-state index is 13.6. The topological polar surface area (TPSA) is 229 Å². The summed E-state index contributed by atoms with van der Waals surface area (Å²) in [5, 5.41) is 8.01. The molecule has 0 spiro atoms. The Morgan fingerprint density at radius 2 is 1.41 bits per heavy atom. The van der Waals surface area contributed by atoms with Crippen molar-refractivity contribution in [3.05, 3.63) is 124 Å². The molecule has 4 amide bonds. The average Bonchev–Trinajstić information content (AvgIpc) is 3.99. The highest BCUT2D eigenvalue weighted by Crippen LogP contribution is 2.26. The Hall–Kier alpha value is -6.72. The minimum atomic E-state index is -1.40. The molecule has 0 aliphatic heterocycles. The molecule has 0 aliphatic carbocycles. The van der Waals surface area contributed by atoms with Gasteiger partial charge in [0.1, 0.15) is 22.3 Å². The van der Waals surface area contributed by atoms with Gasteiger partial charge in [0, 0.05) is 23.7 Å². The monoisotopic (exact) mass is 762 g/mol. The smallest absolute Gasteiger partial charge is 0.294 e. The number of nitrogens with one attached hydrogen (secondary N) is 3. The number of thiazole rings is 1. The van der Waals surface area contributed by atoms with Gasteiger partial charge in [0.25, 0.3) is 23.6 Å². The van der Waals surface area contributed by atoms with Gasteiger partial charge in [-0.05, 0) is 54.8 Å². The Morgan fingerprint density at radius 3 is 2.09 bits per heavy atom. The maximum Gasteiger partial charge on any atom is 0.294 e. The minimum absolute atomic E-state index is 0.124. The van der Waals surface area contributed by atoms with Crippen molar-refractivity contribution < 1.29 is 33.2 Å². The summed E-state index contributed by atoms with van der Waals surface area (Å²) in [4.78, 5) is 95.9. The zero-order chi connectivity index (χ0) is 38.0. The molecule has 5 N–H and O–H groups in total. The molecule has 0 aliphatic rings. The van der Waals surface area contributed by atoms with E-state index >= 15 is 0 Å². The number of thiophene rings is 1. The molecule has 0 bridgehead atoms. The van der Waals surface area contributed by atoms with Gasteiger partial charge < -0.3 is 26.1 Å². The highest BCUT2D eigenvalue weighted by Gasteiger charge is 2.31. The number of anilines is 1. The molecule has 2 unspecified atom stereocenters. The number of hydrogen-bond acceptors (Lipinski definition) is 13. The summed E-state index contributed by atoms with van der Waals surface area (Å²) in [6.45, 7) is 0. The largest absolute Gasteiger partial charge is 0.438 e. The van der Waals surface area contributed by atoms with Crippen LogP contribution in [0.15, 0.2) is 108 Å². The Labute approximate surface area is 315 Å². The number of pyridine rings is 2. The first kappa shape index (κ1) is 37.1. The number of aryl methyl sites for hydroxylation is 1. The molecular formula is C37H30N8O7S2. The van der Waals surface area contributed by atoms with Gasteiger partial charge in [0.15, 0.2) is 6.39 Å². The molecule has 15 nitrogen and oxygen atoms in total. The van der Waals surface area contributed by atoms with Crippen molar-refractivity contribution in [2.45, 2.75) is 31.3 Å². The molecule has 5 heterocycles. The molecule has 17 heteroatoms. The highest BCUT2D eigenvalue weighted by atomic mass is 32.1. The zero-order valence-electron chi connectivity index (χ0n) is 28.1. The number of aromatic nitrogens is 4.